The van der Waals surface area contributed by atoms with Crippen LogP contribution in [0.3, 0.4) is 0 Å². The highest BCUT2D eigenvalue weighted by atomic mass is 32.1. The number of thiophene rings is 1. The van der Waals surface area contributed by atoms with E-state index in [2.05, 4.69) is 50.5 Å². The van der Waals surface area contributed by atoms with Crippen molar-refractivity contribution in [2.75, 3.05) is 13.2 Å². The van der Waals surface area contributed by atoms with Gasteiger partial charge in [0.2, 0.25) is 0 Å². The molecule has 104 valence electrons. The average Bonchev–Trinajstić information content (AvgIpc) is 2.77. The van der Waals surface area contributed by atoms with Crippen molar-refractivity contribution in [1.82, 2.24) is 5.32 Å². The maximum atomic E-state index is 9.07. The molecular formula is C15H27NOS. The summed E-state index contributed by atoms with van der Waals surface area (Å²) in [5, 5.41) is 14.9. The lowest BCUT2D eigenvalue weighted by Crippen LogP contribution is -2.33. The van der Waals surface area contributed by atoms with Gasteiger partial charge in [0.15, 0.2) is 0 Å². The fourth-order valence-corrected chi connectivity index (χ4v) is 2.87. The lowest BCUT2D eigenvalue weighted by atomic mass is 9.89. The van der Waals surface area contributed by atoms with E-state index in [0.29, 0.717) is 12.0 Å². The fraction of sp³-hybridized carbons (Fsp3) is 0.733. The Morgan fingerprint density at radius 3 is 2.61 bits per heavy atom. The van der Waals surface area contributed by atoms with E-state index in [1.807, 2.05) is 11.3 Å². The van der Waals surface area contributed by atoms with Crippen molar-refractivity contribution in [2.24, 2.45) is 11.3 Å². The van der Waals surface area contributed by atoms with Crippen molar-refractivity contribution >= 4 is 11.3 Å². The molecule has 0 amide bonds. The summed E-state index contributed by atoms with van der Waals surface area (Å²) in [7, 11) is 0. The van der Waals surface area contributed by atoms with E-state index in [1.165, 1.54) is 4.88 Å². The smallest absolute Gasteiger partial charge is 0.0436 e. The summed E-state index contributed by atoms with van der Waals surface area (Å²) >= 11 is 1.83. The minimum Gasteiger partial charge on any atom is -0.396 e. The highest BCUT2D eigenvalue weighted by Crippen LogP contribution is 2.27. The Morgan fingerprint density at radius 1 is 1.39 bits per heavy atom. The number of aliphatic hydroxyl groups is 1. The van der Waals surface area contributed by atoms with Crippen LogP contribution in [0.1, 0.15) is 51.5 Å². The number of aliphatic hydroxyl groups excluding tert-OH is 1. The van der Waals surface area contributed by atoms with Gasteiger partial charge in [-0.1, -0.05) is 33.8 Å². The van der Waals surface area contributed by atoms with Gasteiger partial charge < -0.3 is 10.4 Å². The maximum absolute atomic E-state index is 9.07. The zero-order valence-corrected chi connectivity index (χ0v) is 12.9. The van der Waals surface area contributed by atoms with Crippen molar-refractivity contribution in [1.29, 1.82) is 0 Å². The van der Waals surface area contributed by atoms with Crippen molar-refractivity contribution in [3.8, 4) is 0 Å². The van der Waals surface area contributed by atoms with Gasteiger partial charge in [-0.05, 0) is 35.6 Å². The number of rotatable bonds is 8. The molecule has 0 aromatic carbocycles. The lowest BCUT2D eigenvalue weighted by Gasteiger charge is -2.28. The molecule has 0 radical (unpaired) electrons. The van der Waals surface area contributed by atoms with Crippen LogP contribution in [0.2, 0.25) is 0 Å². The summed E-state index contributed by atoms with van der Waals surface area (Å²) in [6, 6.07) is 4.78. The van der Waals surface area contributed by atoms with Gasteiger partial charge in [-0.3, -0.25) is 0 Å². The van der Waals surface area contributed by atoms with Crippen LogP contribution in [-0.4, -0.2) is 18.3 Å². The molecule has 0 spiro atoms. The Hall–Kier alpha value is -0.380. The van der Waals surface area contributed by atoms with Crippen molar-refractivity contribution in [3.63, 3.8) is 0 Å². The summed E-state index contributed by atoms with van der Waals surface area (Å²) in [6.07, 6.45) is 2.01. The zero-order valence-electron chi connectivity index (χ0n) is 12.1. The second kappa shape index (κ2) is 7.27. The molecule has 0 fully saturated rings. The first-order valence-corrected chi connectivity index (χ1v) is 7.70. The Bertz CT molecular complexity index is 319. The minimum atomic E-state index is 0.154. The molecule has 1 aromatic rings. The van der Waals surface area contributed by atoms with Crippen LogP contribution in [0.4, 0.5) is 0 Å². The first-order chi connectivity index (χ1) is 8.44. The van der Waals surface area contributed by atoms with E-state index in [1.54, 1.807) is 0 Å². The van der Waals surface area contributed by atoms with Gasteiger partial charge in [0.25, 0.3) is 0 Å². The van der Waals surface area contributed by atoms with Crippen molar-refractivity contribution in [2.45, 2.75) is 46.6 Å². The van der Waals surface area contributed by atoms with Crippen LogP contribution in [0, 0.1) is 11.3 Å². The predicted molar refractivity (Wildman–Crippen MR) is 80.0 cm³/mol. The molecule has 0 saturated heterocycles. The third-order valence-corrected chi connectivity index (χ3v) is 4.20. The molecule has 0 saturated carbocycles. The fourth-order valence-electron chi connectivity index (χ4n) is 2.05. The van der Waals surface area contributed by atoms with E-state index in [-0.39, 0.29) is 12.0 Å². The van der Waals surface area contributed by atoms with Gasteiger partial charge >= 0.3 is 0 Å². The number of hydrogen-bond acceptors (Lipinski definition) is 3. The molecule has 1 aromatic heterocycles. The minimum absolute atomic E-state index is 0.154. The molecule has 1 heterocycles. The molecule has 3 heteroatoms. The highest BCUT2D eigenvalue weighted by Gasteiger charge is 2.21. The van der Waals surface area contributed by atoms with Crippen LogP contribution in [-0.2, 0) is 0 Å². The lowest BCUT2D eigenvalue weighted by molar-refractivity contribution is 0.201. The van der Waals surface area contributed by atoms with Crippen LogP contribution >= 0.6 is 11.3 Å². The van der Waals surface area contributed by atoms with Crippen LogP contribution < -0.4 is 5.32 Å². The molecule has 2 N–H and O–H groups in total. The van der Waals surface area contributed by atoms with E-state index in [0.717, 1.165) is 19.4 Å². The van der Waals surface area contributed by atoms with Crippen LogP contribution in [0.5, 0.6) is 0 Å². The van der Waals surface area contributed by atoms with Gasteiger partial charge in [-0.25, -0.2) is 0 Å². The molecule has 18 heavy (non-hydrogen) atoms. The Kier molecular flexibility index (Phi) is 6.33. The second-order valence-corrected chi connectivity index (χ2v) is 7.20. The van der Waals surface area contributed by atoms with E-state index in [9.17, 15) is 0 Å². The topological polar surface area (TPSA) is 32.3 Å². The summed E-state index contributed by atoms with van der Waals surface area (Å²) in [5.74, 6) is 0.686. The molecule has 1 atom stereocenters. The quantitative estimate of drug-likeness (QED) is 0.751. The summed E-state index contributed by atoms with van der Waals surface area (Å²) in [5.41, 5.74) is 0.154. The first kappa shape index (κ1) is 15.7. The second-order valence-electron chi connectivity index (χ2n) is 6.22. The standard InChI is InChI=1S/C15H27NOS/c1-12(2)10-13(14-6-5-9-18-14)16-11-15(3,4)7-8-17/h5-6,9,12-13,16-17H,7-8,10-11H2,1-4H3. The third kappa shape index (κ3) is 5.51. The predicted octanol–water partition coefficient (Wildman–Crippen LogP) is 3.83. The molecule has 0 aliphatic rings. The van der Waals surface area contributed by atoms with Crippen molar-refractivity contribution < 1.29 is 5.11 Å². The summed E-state index contributed by atoms with van der Waals surface area (Å²) in [4.78, 5) is 1.42. The van der Waals surface area contributed by atoms with E-state index < -0.39 is 0 Å². The molecule has 1 rings (SSSR count). The molecule has 1 unspecified atom stereocenters. The molecule has 0 aliphatic carbocycles. The first-order valence-electron chi connectivity index (χ1n) is 6.82. The molecule has 0 bridgehead atoms. The van der Waals surface area contributed by atoms with Gasteiger partial charge in [0.1, 0.15) is 0 Å². The molecule has 0 aliphatic heterocycles. The Balaban J connectivity index is 2.57. The van der Waals surface area contributed by atoms with Crippen molar-refractivity contribution in [3.05, 3.63) is 22.4 Å². The van der Waals surface area contributed by atoms with Crippen LogP contribution in [0.15, 0.2) is 17.5 Å². The zero-order chi connectivity index (χ0) is 13.6. The maximum Gasteiger partial charge on any atom is 0.0436 e. The van der Waals surface area contributed by atoms with E-state index in [4.69, 9.17) is 5.11 Å². The normalized spacial score (nSPS) is 14.1. The third-order valence-electron chi connectivity index (χ3n) is 3.21. The Morgan fingerprint density at radius 2 is 2.11 bits per heavy atom. The average molecular weight is 269 g/mol. The van der Waals surface area contributed by atoms with Crippen LogP contribution in [0.25, 0.3) is 0 Å². The number of hydrogen-bond donors (Lipinski definition) is 2. The monoisotopic (exact) mass is 269 g/mol. The van der Waals surface area contributed by atoms with Gasteiger partial charge in [0, 0.05) is 24.1 Å². The van der Waals surface area contributed by atoms with Gasteiger partial charge in [0.05, 0.1) is 0 Å². The molecular weight excluding hydrogens is 242 g/mol. The van der Waals surface area contributed by atoms with Gasteiger partial charge in [-0.2, -0.15) is 0 Å². The summed E-state index contributed by atoms with van der Waals surface area (Å²) in [6.45, 7) is 10.2. The van der Waals surface area contributed by atoms with Gasteiger partial charge in [-0.15, -0.1) is 11.3 Å². The highest BCUT2D eigenvalue weighted by molar-refractivity contribution is 7.10. The van der Waals surface area contributed by atoms with E-state index >= 15 is 0 Å². The Labute approximate surface area is 115 Å². The number of nitrogens with one attached hydrogen (secondary N) is 1. The SMILES string of the molecule is CC(C)CC(NCC(C)(C)CCO)c1cccs1. The summed E-state index contributed by atoms with van der Waals surface area (Å²) < 4.78 is 0. The largest absolute Gasteiger partial charge is 0.396 e. The molecule has 2 nitrogen and oxygen atoms in total.